The molecular weight excluding hydrogens is 274 g/mol. The van der Waals surface area contributed by atoms with E-state index in [-0.39, 0.29) is 6.04 Å². The Morgan fingerprint density at radius 3 is 2.80 bits per heavy atom. The van der Waals surface area contributed by atoms with Crippen LogP contribution in [0.5, 0.6) is 11.5 Å². The van der Waals surface area contributed by atoms with Gasteiger partial charge in [0, 0.05) is 17.6 Å². The van der Waals surface area contributed by atoms with E-state index in [9.17, 15) is 0 Å². The van der Waals surface area contributed by atoms with E-state index in [0.29, 0.717) is 6.79 Å². The molecule has 2 aromatic rings. The number of rotatable bonds is 4. The first-order valence-corrected chi connectivity index (χ1v) is 6.98. The fourth-order valence-electron chi connectivity index (χ4n) is 2.21. The van der Waals surface area contributed by atoms with Crippen LogP contribution in [0, 0.1) is 0 Å². The molecule has 1 aliphatic rings. The first kappa shape index (κ1) is 13.3. The summed E-state index contributed by atoms with van der Waals surface area (Å²) in [5.41, 5.74) is 2.27. The molecule has 4 heteroatoms. The molecule has 0 aromatic heterocycles. The van der Waals surface area contributed by atoms with Crippen LogP contribution in [0.25, 0.3) is 0 Å². The van der Waals surface area contributed by atoms with Gasteiger partial charge in [-0.1, -0.05) is 35.9 Å². The normalized spacial score (nSPS) is 14.3. The molecule has 0 radical (unpaired) electrons. The number of hydrogen-bond donors (Lipinski definition) is 1. The molecule has 0 amide bonds. The van der Waals surface area contributed by atoms with Gasteiger partial charge in [0.15, 0.2) is 11.5 Å². The van der Waals surface area contributed by atoms with Gasteiger partial charge in [0.05, 0.1) is 0 Å². The third-order valence-corrected chi connectivity index (χ3v) is 3.82. The standard InChI is InChI=1S/C16H16ClNO2/c1-11(18-9-13-4-2-3-5-14(13)17)12-6-7-15-16(8-12)20-10-19-15/h2-8,11,18H,9-10H2,1H3. The Labute approximate surface area is 123 Å². The maximum absolute atomic E-state index is 6.15. The predicted molar refractivity (Wildman–Crippen MR) is 79.3 cm³/mol. The number of hydrogen-bond acceptors (Lipinski definition) is 3. The number of benzene rings is 2. The van der Waals surface area contributed by atoms with Crippen molar-refractivity contribution in [2.45, 2.75) is 19.5 Å². The highest BCUT2D eigenvalue weighted by atomic mass is 35.5. The molecule has 20 heavy (non-hydrogen) atoms. The third kappa shape index (κ3) is 2.74. The van der Waals surface area contributed by atoms with E-state index in [1.807, 2.05) is 36.4 Å². The maximum atomic E-state index is 6.15. The van der Waals surface area contributed by atoms with Crippen LogP contribution < -0.4 is 14.8 Å². The molecule has 0 aliphatic carbocycles. The van der Waals surface area contributed by atoms with Crippen molar-refractivity contribution in [1.82, 2.24) is 5.32 Å². The fourth-order valence-corrected chi connectivity index (χ4v) is 2.41. The highest BCUT2D eigenvalue weighted by Crippen LogP contribution is 2.34. The van der Waals surface area contributed by atoms with E-state index in [0.717, 1.165) is 28.6 Å². The zero-order valence-corrected chi connectivity index (χ0v) is 12.0. The minimum atomic E-state index is 0.209. The van der Waals surface area contributed by atoms with Crippen molar-refractivity contribution in [2.75, 3.05) is 6.79 Å². The van der Waals surface area contributed by atoms with Gasteiger partial charge in [0.25, 0.3) is 0 Å². The summed E-state index contributed by atoms with van der Waals surface area (Å²) in [6.45, 7) is 3.16. The van der Waals surface area contributed by atoms with Crippen LogP contribution in [0.15, 0.2) is 42.5 Å². The molecule has 104 valence electrons. The lowest BCUT2D eigenvalue weighted by Crippen LogP contribution is -2.18. The molecule has 3 nitrogen and oxygen atoms in total. The molecule has 0 saturated heterocycles. The van der Waals surface area contributed by atoms with Crippen molar-refractivity contribution in [3.8, 4) is 11.5 Å². The Hall–Kier alpha value is -1.71. The van der Waals surface area contributed by atoms with Crippen molar-refractivity contribution in [2.24, 2.45) is 0 Å². The summed E-state index contributed by atoms with van der Waals surface area (Å²) in [5.74, 6) is 1.63. The van der Waals surface area contributed by atoms with Crippen LogP contribution in [-0.4, -0.2) is 6.79 Å². The van der Waals surface area contributed by atoms with Crippen LogP contribution in [-0.2, 0) is 6.54 Å². The van der Waals surface area contributed by atoms with Gasteiger partial charge in [0.2, 0.25) is 6.79 Å². The number of nitrogens with one attached hydrogen (secondary N) is 1. The molecule has 2 aromatic carbocycles. The van der Waals surface area contributed by atoms with E-state index >= 15 is 0 Å². The average Bonchev–Trinajstić information content (AvgIpc) is 2.93. The predicted octanol–water partition coefficient (Wildman–Crippen LogP) is 3.92. The van der Waals surface area contributed by atoms with E-state index in [1.165, 1.54) is 5.56 Å². The van der Waals surface area contributed by atoms with Gasteiger partial charge in [0.1, 0.15) is 0 Å². The van der Waals surface area contributed by atoms with Crippen molar-refractivity contribution in [3.05, 3.63) is 58.6 Å². The zero-order chi connectivity index (χ0) is 13.9. The van der Waals surface area contributed by atoms with E-state index < -0.39 is 0 Å². The quantitative estimate of drug-likeness (QED) is 0.925. The number of ether oxygens (including phenoxy) is 2. The van der Waals surface area contributed by atoms with Gasteiger partial charge in [-0.25, -0.2) is 0 Å². The Bertz CT molecular complexity index is 615. The summed E-state index contributed by atoms with van der Waals surface area (Å²) in [6.07, 6.45) is 0. The van der Waals surface area contributed by atoms with Gasteiger partial charge < -0.3 is 14.8 Å². The van der Waals surface area contributed by atoms with Crippen LogP contribution in [0.1, 0.15) is 24.1 Å². The van der Waals surface area contributed by atoms with Crippen LogP contribution in [0.3, 0.4) is 0 Å². The maximum Gasteiger partial charge on any atom is 0.231 e. The molecule has 0 spiro atoms. The second-order valence-electron chi connectivity index (χ2n) is 4.81. The monoisotopic (exact) mass is 289 g/mol. The molecule has 1 aliphatic heterocycles. The van der Waals surface area contributed by atoms with Gasteiger partial charge >= 0.3 is 0 Å². The van der Waals surface area contributed by atoms with Crippen LogP contribution >= 0.6 is 11.6 Å². The van der Waals surface area contributed by atoms with E-state index in [2.05, 4.69) is 18.3 Å². The van der Waals surface area contributed by atoms with Crippen molar-refractivity contribution >= 4 is 11.6 Å². The Morgan fingerprint density at radius 1 is 1.15 bits per heavy atom. The summed E-state index contributed by atoms with van der Waals surface area (Å²) in [7, 11) is 0. The first-order chi connectivity index (χ1) is 9.74. The second-order valence-corrected chi connectivity index (χ2v) is 5.21. The summed E-state index contributed by atoms with van der Waals surface area (Å²) < 4.78 is 10.7. The molecule has 0 fully saturated rings. The largest absolute Gasteiger partial charge is 0.454 e. The number of halogens is 1. The lowest BCUT2D eigenvalue weighted by atomic mass is 10.1. The topological polar surface area (TPSA) is 30.5 Å². The molecule has 3 rings (SSSR count). The fraction of sp³-hybridized carbons (Fsp3) is 0.250. The van der Waals surface area contributed by atoms with E-state index in [1.54, 1.807) is 0 Å². The molecule has 1 atom stereocenters. The van der Waals surface area contributed by atoms with Gasteiger partial charge in [-0.15, -0.1) is 0 Å². The highest BCUT2D eigenvalue weighted by molar-refractivity contribution is 6.31. The van der Waals surface area contributed by atoms with Crippen molar-refractivity contribution in [1.29, 1.82) is 0 Å². The van der Waals surface area contributed by atoms with Crippen molar-refractivity contribution in [3.63, 3.8) is 0 Å². The smallest absolute Gasteiger partial charge is 0.231 e. The highest BCUT2D eigenvalue weighted by Gasteiger charge is 2.15. The number of fused-ring (bicyclic) bond motifs is 1. The average molecular weight is 290 g/mol. The second kappa shape index (κ2) is 5.73. The molecule has 0 saturated carbocycles. The Balaban J connectivity index is 1.67. The SMILES string of the molecule is CC(NCc1ccccc1Cl)c1ccc2c(c1)OCO2. The Kier molecular flexibility index (Phi) is 3.81. The minimum Gasteiger partial charge on any atom is -0.454 e. The third-order valence-electron chi connectivity index (χ3n) is 3.45. The van der Waals surface area contributed by atoms with Gasteiger partial charge in [-0.05, 0) is 36.2 Å². The Morgan fingerprint density at radius 2 is 1.95 bits per heavy atom. The lowest BCUT2D eigenvalue weighted by molar-refractivity contribution is 0.174. The molecular formula is C16H16ClNO2. The van der Waals surface area contributed by atoms with Crippen LogP contribution in [0.2, 0.25) is 5.02 Å². The van der Waals surface area contributed by atoms with Gasteiger partial charge in [-0.2, -0.15) is 0 Å². The zero-order valence-electron chi connectivity index (χ0n) is 11.2. The van der Waals surface area contributed by atoms with Crippen LogP contribution in [0.4, 0.5) is 0 Å². The molecule has 1 heterocycles. The summed E-state index contributed by atoms with van der Waals surface area (Å²) in [5, 5.41) is 4.26. The lowest BCUT2D eigenvalue weighted by Gasteiger charge is -2.15. The summed E-state index contributed by atoms with van der Waals surface area (Å²) >= 11 is 6.15. The molecule has 1 unspecified atom stereocenters. The van der Waals surface area contributed by atoms with E-state index in [4.69, 9.17) is 21.1 Å². The minimum absolute atomic E-state index is 0.209. The summed E-state index contributed by atoms with van der Waals surface area (Å²) in [4.78, 5) is 0. The summed E-state index contributed by atoms with van der Waals surface area (Å²) in [6, 6.07) is 14.1. The molecule has 0 bridgehead atoms. The van der Waals surface area contributed by atoms with Gasteiger partial charge in [-0.3, -0.25) is 0 Å². The molecule has 1 N–H and O–H groups in total. The first-order valence-electron chi connectivity index (χ1n) is 6.60. The van der Waals surface area contributed by atoms with Crippen molar-refractivity contribution < 1.29 is 9.47 Å².